The number of carboxylic acids is 2. The summed E-state index contributed by atoms with van der Waals surface area (Å²) in [6, 6.07) is 1.35. The van der Waals surface area contributed by atoms with Crippen LogP contribution in [0.2, 0.25) is 0 Å². The van der Waals surface area contributed by atoms with Crippen molar-refractivity contribution in [3.63, 3.8) is 0 Å². The minimum Gasteiger partial charge on any atom is -0.478 e. The second-order valence-corrected chi connectivity index (χ2v) is 3.96. The molecule has 80 valence electrons. The summed E-state index contributed by atoms with van der Waals surface area (Å²) < 4.78 is 0.318. The highest BCUT2D eigenvalue weighted by Crippen LogP contribution is 2.27. The fourth-order valence-corrected chi connectivity index (χ4v) is 1.93. The third-order valence-electron chi connectivity index (χ3n) is 2.14. The van der Waals surface area contributed by atoms with Gasteiger partial charge < -0.3 is 10.2 Å². The molecule has 0 heterocycles. The summed E-state index contributed by atoms with van der Waals surface area (Å²) in [6.45, 7) is 3.16. The Balaban J connectivity index is 3.58. The Morgan fingerprint density at radius 2 is 1.73 bits per heavy atom. The van der Waals surface area contributed by atoms with Crippen molar-refractivity contribution >= 4 is 27.9 Å². The van der Waals surface area contributed by atoms with E-state index >= 15 is 0 Å². The molecule has 1 aromatic carbocycles. The molecular weight excluding hydrogens is 264 g/mol. The van der Waals surface area contributed by atoms with Gasteiger partial charge in [0.15, 0.2) is 0 Å². The molecule has 0 fully saturated rings. The number of carboxylic acid groups (broad SMARTS) is 2. The second-order valence-electron chi connectivity index (χ2n) is 3.17. The molecule has 1 rings (SSSR count). The zero-order chi connectivity index (χ0) is 11.7. The zero-order valence-corrected chi connectivity index (χ0v) is 9.75. The first-order valence-electron chi connectivity index (χ1n) is 4.12. The maximum absolute atomic E-state index is 10.9. The van der Waals surface area contributed by atoms with Crippen LogP contribution in [0.1, 0.15) is 31.8 Å². The van der Waals surface area contributed by atoms with Crippen LogP contribution in [-0.4, -0.2) is 22.2 Å². The van der Waals surface area contributed by atoms with Crippen molar-refractivity contribution in [2.24, 2.45) is 0 Å². The molecule has 0 aromatic heterocycles. The fraction of sp³-hybridized carbons (Fsp3) is 0.200. The molecule has 0 aliphatic rings. The average Bonchev–Trinajstić information content (AvgIpc) is 2.10. The molecule has 5 heteroatoms. The van der Waals surface area contributed by atoms with Gasteiger partial charge in [0.1, 0.15) is 0 Å². The van der Waals surface area contributed by atoms with E-state index in [0.29, 0.717) is 15.6 Å². The van der Waals surface area contributed by atoms with Gasteiger partial charge in [0.05, 0.1) is 11.1 Å². The number of halogens is 1. The molecule has 0 radical (unpaired) electrons. The summed E-state index contributed by atoms with van der Waals surface area (Å²) in [6.07, 6.45) is 0. The topological polar surface area (TPSA) is 74.6 Å². The first-order valence-corrected chi connectivity index (χ1v) is 4.91. The van der Waals surface area contributed by atoms with Gasteiger partial charge in [-0.1, -0.05) is 0 Å². The van der Waals surface area contributed by atoms with Crippen LogP contribution in [0, 0.1) is 13.8 Å². The van der Waals surface area contributed by atoms with Crippen LogP contribution in [-0.2, 0) is 0 Å². The van der Waals surface area contributed by atoms with Crippen LogP contribution >= 0.6 is 15.9 Å². The first-order chi connectivity index (χ1) is 6.86. The van der Waals surface area contributed by atoms with E-state index in [1.165, 1.54) is 6.07 Å². The van der Waals surface area contributed by atoms with E-state index in [1.54, 1.807) is 13.8 Å². The molecule has 1 aromatic rings. The van der Waals surface area contributed by atoms with Gasteiger partial charge in [0, 0.05) is 4.47 Å². The van der Waals surface area contributed by atoms with Crippen LogP contribution in [0.25, 0.3) is 0 Å². The van der Waals surface area contributed by atoms with Gasteiger partial charge in [-0.15, -0.1) is 0 Å². The van der Waals surface area contributed by atoms with E-state index in [2.05, 4.69) is 15.9 Å². The molecule has 0 saturated heterocycles. The third-order valence-corrected chi connectivity index (χ3v) is 3.16. The molecule has 0 amide bonds. The standard InChI is InChI=1S/C10H9BrO4/c1-4-3-6(9(12)13)8(11)5(2)7(4)10(14)15/h3H,1-2H3,(H,12,13)(H,14,15). The Morgan fingerprint density at radius 3 is 2.13 bits per heavy atom. The highest BCUT2D eigenvalue weighted by Gasteiger charge is 2.19. The molecule has 15 heavy (non-hydrogen) atoms. The monoisotopic (exact) mass is 272 g/mol. The number of rotatable bonds is 2. The van der Waals surface area contributed by atoms with E-state index in [4.69, 9.17) is 10.2 Å². The SMILES string of the molecule is Cc1cc(C(=O)O)c(Br)c(C)c1C(=O)O. The van der Waals surface area contributed by atoms with E-state index in [-0.39, 0.29) is 11.1 Å². The highest BCUT2D eigenvalue weighted by atomic mass is 79.9. The summed E-state index contributed by atoms with van der Waals surface area (Å²) in [7, 11) is 0. The molecule has 0 aliphatic heterocycles. The van der Waals surface area contributed by atoms with Gasteiger partial charge in [-0.2, -0.15) is 0 Å². The van der Waals surface area contributed by atoms with Gasteiger partial charge in [-0.25, -0.2) is 9.59 Å². The maximum atomic E-state index is 10.9. The number of hydrogen-bond acceptors (Lipinski definition) is 2. The fourth-order valence-electron chi connectivity index (χ4n) is 1.44. The second kappa shape index (κ2) is 4.02. The predicted molar refractivity (Wildman–Crippen MR) is 57.5 cm³/mol. The number of carbonyl (C=O) groups is 2. The molecule has 0 spiro atoms. The minimum atomic E-state index is -1.08. The molecule has 0 atom stereocenters. The molecule has 2 N–H and O–H groups in total. The average molecular weight is 273 g/mol. The molecule has 0 saturated carbocycles. The lowest BCUT2D eigenvalue weighted by molar-refractivity contribution is 0.0679. The Hall–Kier alpha value is -1.36. The quantitative estimate of drug-likeness (QED) is 0.867. The van der Waals surface area contributed by atoms with Gasteiger partial charge in [-0.3, -0.25) is 0 Å². The molecule has 0 unspecified atom stereocenters. The maximum Gasteiger partial charge on any atom is 0.336 e. The number of aryl methyl sites for hydroxylation is 1. The Labute approximate surface area is 94.7 Å². The summed E-state index contributed by atoms with van der Waals surface area (Å²) in [5.41, 5.74) is 1.10. The van der Waals surface area contributed by atoms with Crippen LogP contribution in [0.4, 0.5) is 0 Å². The highest BCUT2D eigenvalue weighted by molar-refractivity contribution is 9.10. The number of hydrogen-bond donors (Lipinski definition) is 2. The van der Waals surface area contributed by atoms with E-state index in [9.17, 15) is 9.59 Å². The summed E-state index contributed by atoms with van der Waals surface area (Å²) in [5.74, 6) is -2.13. The van der Waals surface area contributed by atoms with Crippen molar-refractivity contribution in [2.75, 3.05) is 0 Å². The van der Waals surface area contributed by atoms with E-state index in [0.717, 1.165) is 0 Å². The van der Waals surface area contributed by atoms with Crippen LogP contribution in [0.5, 0.6) is 0 Å². The normalized spacial score (nSPS) is 10.1. The largest absolute Gasteiger partial charge is 0.478 e. The Morgan fingerprint density at radius 1 is 1.20 bits per heavy atom. The smallest absolute Gasteiger partial charge is 0.336 e. The molecule has 0 bridgehead atoms. The lowest BCUT2D eigenvalue weighted by atomic mass is 9.99. The van der Waals surface area contributed by atoms with Gasteiger partial charge in [0.2, 0.25) is 0 Å². The van der Waals surface area contributed by atoms with Crippen molar-refractivity contribution < 1.29 is 19.8 Å². The van der Waals surface area contributed by atoms with Crippen LogP contribution in [0.3, 0.4) is 0 Å². The van der Waals surface area contributed by atoms with Gasteiger partial charge in [-0.05, 0) is 47.0 Å². The summed E-state index contributed by atoms with van der Waals surface area (Å²) in [4.78, 5) is 21.7. The first kappa shape index (κ1) is 11.7. The van der Waals surface area contributed by atoms with Crippen molar-refractivity contribution in [1.82, 2.24) is 0 Å². The number of benzene rings is 1. The minimum absolute atomic E-state index is 0.0787. The number of aromatic carboxylic acids is 2. The van der Waals surface area contributed by atoms with Crippen LogP contribution in [0.15, 0.2) is 10.5 Å². The van der Waals surface area contributed by atoms with E-state index < -0.39 is 11.9 Å². The van der Waals surface area contributed by atoms with Gasteiger partial charge >= 0.3 is 11.9 Å². The zero-order valence-electron chi connectivity index (χ0n) is 8.17. The molecular formula is C10H9BrO4. The van der Waals surface area contributed by atoms with Crippen molar-refractivity contribution in [2.45, 2.75) is 13.8 Å². The lowest BCUT2D eigenvalue weighted by Gasteiger charge is -2.10. The predicted octanol–water partition coefficient (Wildman–Crippen LogP) is 2.46. The van der Waals surface area contributed by atoms with Crippen molar-refractivity contribution in [3.05, 3.63) is 32.8 Å². The lowest BCUT2D eigenvalue weighted by Crippen LogP contribution is -2.08. The Bertz CT molecular complexity index is 451. The Kier molecular flexibility index (Phi) is 3.14. The third kappa shape index (κ3) is 2.02. The van der Waals surface area contributed by atoms with E-state index in [1.807, 2.05) is 0 Å². The summed E-state index contributed by atoms with van der Waals surface area (Å²) in [5, 5.41) is 17.8. The summed E-state index contributed by atoms with van der Waals surface area (Å²) >= 11 is 3.09. The van der Waals surface area contributed by atoms with Crippen molar-refractivity contribution in [3.8, 4) is 0 Å². The molecule has 0 aliphatic carbocycles. The van der Waals surface area contributed by atoms with Gasteiger partial charge in [0.25, 0.3) is 0 Å². The molecule has 4 nitrogen and oxygen atoms in total. The van der Waals surface area contributed by atoms with Crippen LogP contribution < -0.4 is 0 Å². The van der Waals surface area contributed by atoms with Crippen molar-refractivity contribution in [1.29, 1.82) is 0 Å².